The number of rotatable bonds is 6. The van der Waals surface area contributed by atoms with Gasteiger partial charge < -0.3 is 9.84 Å². The molecule has 2 aromatic carbocycles. The first-order valence-corrected chi connectivity index (χ1v) is 8.42. The van der Waals surface area contributed by atoms with Crippen molar-refractivity contribution in [2.24, 2.45) is 0 Å². The highest BCUT2D eigenvalue weighted by atomic mass is 16.6. The van der Waals surface area contributed by atoms with Crippen molar-refractivity contribution in [3.8, 4) is 0 Å². The van der Waals surface area contributed by atoms with E-state index >= 15 is 0 Å². The molecule has 3 rings (SSSR count). The number of nitro groups is 1. The van der Waals surface area contributed by atoms with E-state index in [1.165, 1.54) is 6.07 Å². The van der Waals surface area contributed by atoms with Crippen LogP contribution < -0.4 is 0 Å². The number of nitro benzene ring substituents is 1. The largest absolute Gasteiger partial charge is 0.388 e. The molecule has 0 aliphatic carbocycles. The van der Waals surface area contributed by atoms with E-state index in [-0.39, 0.29) is 16.7 Å². The van der Waals surface area contributed by atoms with Crippen molar-refractivity contribution in [1.29, 1.82) is 0 Å². The van der Waals surface area contributed by atoms with Crippen LogP contribution in [-0.4, -0.2) is 40.7 Å². The number of aliphatic hydroxyl groups excluding tert-OH is 1. The maximum Gasteiger partial charge on any atom is 0.273 e. The predicted molar refractivity (Wildman–Crippen MR) is 94.1 cm³/mol. The number of aliphatic hydroxyl groups is 1. The molecule has 2 atom stereocenters. The van der Waals surface area contributed by atoms with Crippen LogP contribution in [0.25, 0.3) is 0 Å². The molecule has 6 heteroatoms. The van der Waals surface area contributed by atoms with Crippen molar-refractivity contribution in [3.05, 3.63) is 75.8 Å². The van der Waals surface area contributed by atoms with E-state index in [0.29, 0.717) is 38.3 Å². The van der Waals surface area contributed by atoms with Crippen molar-refractivity contribution in [3.63, 3.8) is 0 Å². The molecule has 0 amide bonds. The Labute approximate surface area is 146 Å². The molecule has 6 nitrogen and oxygen atoms in total. The van der Waals surface area contributed by atoms with Gasteiger partial charge in [-0.15, -0.1) is 0 Å². The second-order valence-corrected chi connectivity index (χ2v) is 6.25. The van der Waals surface area contributed by atoms with Crippen LogP contribution in [0.15, 0.2) is 54.6 Å². The van der Waals surface area contributed by atoms with Crippen molar-refractivity contribution in [1.82, 2.24) is 4.90 Å². The molecule has 0 aromatic heterocycles. The van der Waals surface area contributed by atoms with Gasteiger partial charge >= 0.3 is 0 Å². The van der Waals surface area contributed by atoms with Crippen LogP contribution in [0.1, 0.15) is 23.7 Å². The van der Waals surface area contributed by atoms with Crippen molar-refractivity contribution < 1.29 is 14.8 Å². The minimum absolute atomic E-state index is 0.0174. The molecular formula is C19H22N2O4. The first-order valence-electron chi connectivity index (χ1n) is 8.42. The van der Waals surface area contributed by atoms with Crippen LogP contribution in [0.4, 0.5) is 5.69 Å². The molecule has 25 heavy (non-hydrogen) atoms. The highest BCUT2D eigenvalue weighted by Gasteiger charge is 2.27. The van der Waals surface area contributed by atoms with Crippen LogP contribution >= 0.6 is 0 Å². The molecule has 0 spiro atoms. The monoisotopic (exact) mass is 342 g/mol. The fourth-order valence-electron chi connectivity index (χ4n) is 3.22. The van der Waals surface area contributed by atoms with Gasteiger partial charge in [-0.25, -0.2) is 0 Å². The normalized spacial score (nSPS) is 19.5. The van der Waals surface area contributed by atoms with Gasteiger partial charge in [0.2, 0.25) is 0 Å². The van der Waals surface area contributed by atoms with Gasteiger partial charge in [-0.05, 0) is 12.0 Å². The van der Waals surface area contributed by atoms with E-state index in [4.69, 9.17) is 4.74 Å². The predicted octanol–water partition coefficient (Wildman–Crippen LogP) is 2.92. The summed E-state index contributed by atoms with van der Waals surface area (Å²) in [4.78, 5) is 13.1. The zero-order valence-corrected chi connectivity index (χ0v) is 14.0. The van der Waals surface area contributed by atoms with Gasteiger partial charge in [0.15, 0.2) is 0 Å². The minimum Gasteiger partial charge on any atom is -0.388 e. The second-order valence-electron chi connectivity index (χ2n) is 6.25. The molecule has 1 heterocycles. The lowest BCUT2D eigenvalue weighted by Gasteiger charge is -2.36. The van der Waals surface area contributed by atoms with E-state index < -0.39 is 6.10 Å². The van der Waals surface area contributed by atoms with Gasteiger partial charge in [0.1, 0.15) is 0 Å². The van der Waals surface area contributed by atoms with Gasteiger partial charge in [0.05, 0.1) is 24.2 Å². The molecule has 0 bridgehead atoms. The third kappa shape index (κ3) is 4.42. The van der Waals surface area contributed by atoms with Gasteiger partial charge in [-0.1, -0.05) is 48.5 Å². The lowest BCUT2D eigenvalue weighted by atomic mass is 10.00. The van der Waals surface area contributed by atoms with Crippen LogP contribution in [0.2, 0.25) is 0 Å². The maximum atomic E-state index is 11.2. The fraction of sp³-hybridized carbons (Fsp3) is 0.368. The Bertz CT molecular complexity index is 708. The van der Waals surface area contributed by atoms with Crippen molar-refractivity contribution in [2.75, 3.05) is 19.8 Å². The second kappa shape index (κ2) is 8.20. The van der Waals surface area contributed by atoms with Crippen LogP contribution in [0.3, 0.4) is 0 Å². The van der Waals surface area contributed by atoms with Crippen LogP contribution in [-0.2, 0) is 11.3 Å². The number of hydrogen-bond donors (Lipinski definition) is 1. The quantitative estimate of drug-likeness (QED) is 0.645. The van der Waals surface area contributed by atoms with E-state index in [0.717, 1.165) is 5.56 Å². The fourth-order valence-corrected chi connectivity index (χ4v) is 3.22. The molecule has 1 aliphatic rings. The smallest absolute Gasteiger partial charge is 0.273 e. The van der Waals surface area contributed by atoms with E-state index in [1.54, 1.807) is 12.1 Å². The first-order chi connectivity index (χ1) is 12.1. The molecule has 1 saturated heterocycles. The molecule has 1 N–H and O–H groups in total. The number of benzene rings is 2. The average molecular weight is 342 g/mol. The molecular weight excluding hydrogens is 320 g/mol. The summed E-state index contributed by atoms with van der Waals surface area (Å²) in [7, 11) is 0. The summed E-state index contributed by atoms with van der Waals surface area (Å²) in [6.07, 6.45) is -0.0499. The maximum absolute atomic E-state index is 11.2. The summed E-state index contributed by atoms with van der Waals surface area (Å²) < 4.78 is 5.58. The minimum atomic E-state index is -0.582. The summed E-state index contributed by atoms with van der Waals surface area (Å²) in [6.45, 7) is 2.29. The summed E-state index contributed by atoms with van der Waals surface area (Å²) in [5.41, 5.74) is 1.70. The molecule has 1 fully saturated rings. The van der Waals surface area contributed by atoms with E-state index in [9.17, 15) is 15.2 Å². The standard InChI is InChI=1S/C19H22N2O4/c22-19(15-6-2-1-3-7-15)12-17-14-25-11-10-20(17)13-16-8-4-5-9-18(16)21(23)24/h1-9,17,19,22H,10-14H2/t17-,19-/m0/s1. The Kier molecular flexibility index (Phi) is 5.75. The van der Waals surface area contributed by atoms with Gasteiger partial charge in [0, 0.05) is 30.8 Å². The van der Waals surface area contributed by atoms with Crippen molar-refractivity contribution >= 4 is 5.69 Å². The Morgan fingerprint density at radius 1 is 1.20 bits per heavy atom. The summed E-state index contributed by atoms with van der Waals surface area (Å²) in [5, 5.41) is 21.7. The van der Waals surface area contributed by atoms with Gasteiger partial charge in [-0.3, -0.25) is 15.0 Å². The Balaban J connectivity index is 1.72. The van der Waals surface area contributed by atoms with Crippen molar-refractivity contribution in [2.45, 2.75) is 25.1 Å². The Morgan fingerprint density at radius 2 is 1.92 bits per heavy atom. The van der Waals surface area contributed by atoms with Crippen LogP contribution in [0.5, 0.6) is 0 Å². The van der Waals surface area contributed by atoms with E-state index in [2.05, 4.69) is 4.90 Å². The Hall–Kier alpha value is -2.28. The Morgan fingerprint density at radius 3 is 2.68 bits per heavy atom. The number of morpholine rings is 1. The number of para-hydroxylation sites is 1. The lowest BCUT2D eigenvalue weighted by Crippen LogP contribution is -2.45. The highest BCUT2D eigenvalue weighted by Crippen LogP contribution is 2.26. The third-order valence-electron chi connectivity index (χ3n) is 4.59. The highest BCUT2D eigenvalue weighted by molar-refractivity contribution is 5.39. The molecule has 0 radical (unpaired) electrons. The van der Waals surface area contributed by atoms with Crippen LogP contribution in [0, 0.1) is 10.1 Å². The third-order valence-corrected chi connectivity index (χ3v) is 4.59. The first kappa shape index (κ1) is 17.5. The SMILES string of the molecule is O=[N+]([O-])c1ccccc1CN1CCOC[C@@H]1C[C@H](O)c1ccccc1. The zero-order valence-electron chi connectivity index (χ0n) is 14.0. The number of hydrogen-bond acceptors (Lipinski definition) is 5. The molecule has 132 valence electrons. The molecule has 2 aromatic rings. The molecule has 0 unspecified atom stereocenters. The lowest BCUT2D eigenvalue weighted by molar-refractivity contribution is -0.385. The summed E-state index contributed by atoms with van der Waals surface area (Å²) in [5.74, 6) is 0. The molecule has 1 aliphatic heterocycles. The van der Waals surface area contributed by atoms with E-state index in [1.807, 2.05) is 36.4 Å². The summed E-state index contributed by atoms with van der Waals surface area (Å²) >= 11 is 0. The topological polar surface area (TPSA) is 75.8 Å². The average Bonchev–Trinajstić information content (AvgIpc) is 2.64. The number of nitrogens with zero attached hydrogens (tertiary/aromatic N) is 2. The number of ether oxygens (including phenoxy) is 1. The zero-order chi connectivity index (χ0) is 17.6. The van der Waals surface area contributed by atoms with Gasteiger partial charge in [-0.2, -0.15) is 0 Å². The van der Waals surface area contributed by atoms with Gasteiger partial charge in [0.25, 0.3) is 5.69 Å². The molecule has 0 saturated carbocycles. The summed E-state index contributed by atoms with van der Waals surface area (Å²) in [6, 6.07) is 16.4.